The minimum absolute atomic E-state index is 0. The van der Waals surface area contributed by atoms with Crippen molar-refractivity contribution in [2.75, 3.05) is 6.61 Å². The van der Waals surface area contributed by atoms with Gasteiger partial charge in [0.2, 0.25) is 8.32 Å². The first-order valence-corrected chi connectivity index (χ1v) is 10.3. The van der Waals surface area contributed by atoms with E-state index in [4.69, 9.17) is 9.16 Å². The molecular weight excluding hydrogens is 306 g/mol. The fraction of sp³-hybridized carbons (Fsp3) is 0.533. The maximum absolute atomic E-state index is 11.4. The van der Waals surface area contributed by atoms with E-state index in [1.165, 1.54) is 0 Å². The van der Waals surface area contributed by atoms with Crippen molar-refractivity contribution in [3.05, 3.63) is 29.8 Å². The lowest BCUT2D eigenvalue weighted by molar-refractivity contribution is 0.0387. The zero-order chi connectivity index (χ0) is 15.0. The Labute approximate surface area is 133 Å². The van der Waals surface area contributed by atoms with Crippen LogP contribution in [-0.4, -0.2) is 21.0 Å². The van der Waals surface area contributed by atoms with E-state index in [-0.39, 0.29) is 30.0 Å². The van der Waals surface area contributed by atoms with Crippen molar-refractivity contribution in [3.8, 4) is 5.75 Å². The summed E-state index contributed by atoms with van der Waals surface area (Å²) in [7, 11) is -1.58. The Kier molecular flexibility index (Phi) is 5.33. The molecule has 0 bridgehead atoms. The molecular formula is C15H24ClNO3Si. The van der Waals surface area contributed by atoms with Crippen LogP contribution in [0.15, 0.2) is 24.3 Å². The van der Waals surface area contributed by atoms with Gasteiger partial charge in [0.1, 0.15) is 12.4 Å². The molecule has 0 saturated carbocycles. The minimum atomic E-state index is -1.58. The second-order valence-electron chi connectivity index (χ2n) is 6.93. The third-order valence-electron chi connectivity index (χ3n) is 3.26. The van der Waals surface area contributed by atoms with E-state index in [0.717, 1.165) is 11.3 Å². The highest BCUT2D eigenvalue weighted by atomic mass is 35.5. The number of ether oxygens (including phenoxy) is 1. The molecule has 1 aromatic carbocycles. The Morgan fingerprint density at radius 3 is 2.33 bits per heavy atom. The Morgan fingerprint density at radius 1 is 1.24 bits per heavy atom. The monoisotopic (exact) mass is 329 g/mol. The fourth-order valence-electron chi connectivity index (χ4n) is 2.31. The van der Waals surface area contributed by atoms with Crippen LogP contribution in [0, 0.1) is 5.41 Å². The quantitative estimate of drug-likeness (QED) is 0.848. The summed E-state index contributed by atoms with van der Waals surface area (Å²) in [4.78, 5) is 11.4. The van der Waals surface area contributed by atoms with Gasteiger partial charge in [0, 0.05) is 5.41 Å². The van der Waals surface area contributed by atoms with Crippen LogP contribution in [-0.2, 0) is 4.74 Å². The van der Waals surface area contributed by atoms with Crippen LogP contribution in [0.3, 0.4) is 0 Å². The van der Waals surface area contributed by atoms with Crippen LogP contribution in [0.25, 0.3) is 0 Å². The van der Waals surface area contributed by atoms with Gasteiger partial charge in [-0.3, -0.25) is 0 Å². The van der Waals surface area contributed by atoms with Crippen LogP contribution in [0.5, 0.6) is 5.75 Å². The standard InChI is InChI=1S/C15H23NO3Si.ClH/c1-15(2)10-18-14(17)16-13(15)11-6-8-12(9-7-11)19-20(3,4)5;/h6-9,13H,10H2,1-5H3,(H,16,17);1H/t13-;/m1./s1. The van der Waals surface area contributed by atoms with E-state index in [1.807, 2.05) is 24.3 Å². The molecule has 1 atom stereocenters. The summed E-state index contributed by atoms with van der Waals surface area (Å²) in [5.74, 6) is 0.893. The number of rotatable bonds is 3. The SMILES string of the molecule is CC1(C)COC(=O)N[C@@H]1c1ccc(O[Si](C)(C)C)cc1.Cl. The summed E-state index contributed by atoms with van der Waals surface area (Å²) < 4.78 is 11.0. The Morgan fingerprint density at radius 2 is 1.81 bits per heavy atom. The number of hydrogen-bond donors (Lipinski definition) is 1. The van der Waals surface area contributed by atoms with Gasteiger partial charge in [-0.15, -0.1) is 12.4 Å². The number of benzene rings is 1. The first kappa shape index (κ1) is 17.8. The highest BCUT2D eigenvalue weighted by Gasteiger charge is 2.37. The first-order valence-electron chi connectivity index (χ1n) is 6.90. The number of alkyl carbamates (subject to hydrolysis) is 1. The normalized spacial score (nSPS) is 20.8. The van der Waals surface area contributed by atoms with Gasteiger partial charge >= 0.3 is 6.09 Å². The lowest BCUT2D eigenvalue weighted by atomic mass is 9.80. The summed E-state index contributed by atoms with van der Waals surface area (Å²) in [6.45, 7) is 11.1. The summed E-state index contributed by atoms with van der Waals surface area (Å²) in [6, 6.07) is 7.96. The van der Waals surface area contributed by atoms with Crippen molar-refractivity contribution in [1.29, 1.82) is 0 Å². The van der Waals surface area contributed by atoms with Gasteiger partial charge in [0.05, 0.1) is 6.04 Å². The van der Waals surface area contributed by atoms with Crippen LogP contribution >= 0.6 is 12.4 Å². The average Bonchev–Trinajstić information content (AvgIpc) is 2.32. The predicted octanol–water partition coefficient (Wildman–Crippen LogP) is 4.13. The molecule has 0 aliphatic carbocycles. The van der Waals surface area contributed by atoms with Gasteiger partial charge in [-0.05, 0) is 37.3 Å². The summed E-state index contributed by atoms with van der Waals surface area (Å²) in [6.07, 6.45) is -0.350. The highest BCUT2D eigenvalue weighted by Crippen LogP contribution is 2.36. The second-order valence-corrected chi connectivity index (χ2v) is 11.4. The minimum Gasteiger partial charge on any atom is -0.544 e. The smallest absolute Gasteiger partial charge is 0.407 e. The zero-order valence-corrected chi connectivity index (χ0v) is 15.0. The van der Waals surface area contributed by atoms with Crippen molar-refractivity contribution in [2.45, 2.75) is 39.5 Å². The lowest BCUT2D eigenvalue weighted by Gasteiger charge is -2.38. The van der Waals surface area contributed by atoms with Crippen LogP contribution in [0.2, 0.25) is 19.6 Å². The molecule has 118 valence electrons. The van der Waals surface area contributed by atoms with Crippen LogP contribution in [0.4, 0.5) is 4.79 Å². The van der Waals surface area contributed by atoms with E-state index in [1.54, 1.807) is 0 Å². The summed E-state index contributed by atoms with van der Waals surface area (Å²) in [5.41, 5.74) is 0.948. The zero-order valence-electron chi connectivity index (χ0n) is 13.2. The molecule has 0 spiro atoms. The van der Waals surface area contributed by atoms with Gasteiger partial charge in [0.15, 0.2) is 0 Å². The highest BCUT2D eigenvalue weighted by molar-refractivity contribution is 6.70. The summed E-state index contributed by atoms with van der Waals surface area (Å²) >= 11 is 0. The maximum atomic E-state index is 11.4. The Balaban J connectivity index is 0.00000220. The third-order valence-corrected chi connectivity index (χ3v) is 4.10. The average molecular weight is 330 g/mol. The lowest BCUT2D eigenvalue weighted by Crippen LogP contribution is -2.46. The van der Waals surface area contributed by atoms with Gasteiger partial charge in [-0.1, -0.05) is 26.0 Å². The molecule has 1 fully saturated rings. The molecule has 1 heterocycles. The molecule has 21 heavy (non-hydrogen) atoms. The number of carbonyl (C=O) groups is 1. The van der Waals surface area contributed by atoms with Gasteiger partial charge in [-0.25, -0.2) is 4.79 Å². The number of halogens is 1. The van der Waals surface area contributed by atoms with Gasteiger partial charge in [-0.2, -0.15) is 0 Å². The molecule has 1 aromatic rings. The van der Waals surface area contributed by atoms with Crippen LogP contribution < -0.4 is 9.74 Å². The third kappa shape index (κ3) is 4.64. The molecule has 1 N–H and O–H groups in total. The molecule has 0 radical (unpaired) electrons. The van der Waals surface area contributed by atoms with E-state index in [2.05, 4.69) is 38.8 Å². The molecule has 6 heteroatoms. The molecule has 4 nitrogen and oxygen atoms in total. The van der Waals surface area contributed by atoms with E-state index in [9.17, 15) is 4.79 Å². The molecule has 0 unspecified atom stereocenters. The number of hydrogen-bond acceptors (Lipinski definition) is 3. The molecule has 1 saturated heterocycles. The van der Waals surface area contributed by atoms with Crippen molar-refractivity contribution in [1.82, 2.24) is 5.32 Å². The van der Waals surface area contributed by atoms with Crippen molar-refractivity contribution in [2.24, 2.45) is 5.41 Å². The first-order chi connectivity index (χ1) is 9.17. The molecule has 1 aliphatic rings. The maximum Gasteiger partial charge on any atom is 0.407 e. The number of cyclic esters (lactones) is 1. The van der Waals surface area contributed by atoms with Crippen molar-refractivity contribution < 1.29 is 14.0 Å². The summed E-state index contributed by atoms with van der Waals surface area (Å²) in [5, 5.41) is 2.90. The van der Waals surface area contributed by atoms with Gasteiger partial charge < -0.3 is 14.5 Å². The molecule has 2 rings (SSSR count). The number of carbonyl (C=O) groups excluding carboxylic acids is 1. The predicted molar refractivity (Wildman–Crippen MR) is 88.7 cm³/mol. The van der Waals surface area contributed by atoms with E-state index >= 15 is 0 Å². The van der Waals surface area contributed by atoms with Crippen LogP contribution in [0.1, 0.15) is 25.5 Å². The molecule has 0 aromatic heterocycles. The van der Waals surface area contributed by atoms with E-state index in [0.29, 0.717) is 6.61 Å². The topological polar surface area (TPSA) is 47.6 Å². The van der Waals surface area contributed by atoms with Gasteiger partial charge in [0.25, 0.3) is 0 Å². The molecule has 1 amide bonds. The largest absolute Gasteiger partial charge is 0.544 e. The Bertz CT molecular complexity index is 497. The van der Waals surface area contributed by atoms with Crippen molar-refractivity contribution in [3.63, 3.8) is 0 Å². The Hall–Kier alpha value is -1.20. The number of amides is 1. The van der Waals surface area contributed by atoms with E-state index < -0.39 is 8.32 Å². The number of nitrogens with one attached hydrogen (secondary N) is 1. The van der Waals surface area contributed by atoms with Crippen molar-refractivity contribution >= 4 is 26.8 Å². The fourth-order valence-corrected chi connectivity index (χ4v) is 3.15. The molecule has 1 aliphatic heterocycles. The second kappa shape index (κ2) is 6.28.